The Kier molecular flexibility index (Phi) is 7.74. The second kappa shape index (κ2) is 11.1. The minimum absolute atomic E-state index is 0.208. The topological polar surface area (TPSA) is 98.4 Å². The van der Waals surface area contributed by atoms with Gasteiger partial charge in [-0.15, -0.1) is 0 Å². The van der Waals surface area contributed by atoms with Gasteiger partial charge < -0.3 is 9.47 Å². The van der Waals surface area contributed by atoms with Crippen molar-refractivity contribution >= 4 is 15.8 Å². The van der Waals surface area contributed by atoms with E-state index in [-0.39, 0.29) is 17.2 Å². The van der Waals surface area contributed by atoms with Crippen LogP contribution in [0.4, 0.5) is 0 Å². The minimum Gasteiger partial charge on any atom is -0.461 e. The van der Waals surface area contributed by atoms with Crippen LogP contribution in [0.3, 0.4) is 0 Å². The highest BCUT2D eigenvalue weighted by Gasteiger charge is 2.23. The Morgan fingerprint density at radius 1 is 0.857 bits per heavy atom. The van der Waals surface area contributed by atoms with E-state index in [1.54, 1.807) is 12.1 Å². The van der Waals surface area contributed by atoms with Crippen molar-refractivity contribution in [2.24, 2.45) is 0 Å². The molecule has 0 aliphatic carbocycles. The normalized spacial score (nSPS) is 11.3. The van der Waals surface area contributed by atoms with Crippen molar-refractivity contribution in [3.63, 3.8) is 0 Å². The molecular weight excluding hydrogens is 464 g/mol. The lowest BCUT2D eigenvalue weighted by molar-refractivity contribution is 0.0428. The number of carbonyl (C=O) groups excluding carboxylic acids is 1. The van der Waals surface area contributed by atoms with Crippen LogP contribution in [0.2, 0.25) is 0 Å². The third-order valence-electron chi connectivity index (χ3n) is 5.37. The van der Waals surface area contributed by atoms with Crippen LogP contribution in [0, 0.1) is 0 Å². The molecule has 8 heteroatoms. The maximum Gasteiger partial charge on any atom is 0.357 e. The molecule has 4 rings (SSSR count). The van der Waals surface area contributed by atoms with Gasteiger partial charge in [-0.05, 0) is 23.3 Å². The van der Waals surface area contributed by atoms with Crippen LogP contribution in [-0.4, -0.2) is 44.1 Å². The quantitative estimate of drug-likeness (QED) is 0.251. The average molecular weight is 491 g/mol. The summed E-state index contributed by atoms with van der Waals surface area (Å²) in [6.45, 7) is 1.18. The van der Waals surface area contributed by atoms with E-state index in [2.05, 4.69) is 10.2 Å². The van der Waals surface area contributed by atoms with E-state index in [9.17, 15) is 13.2 Å². The number of ether oxygens (including phenoxy) is 2. The first-order valence-corrected chi connectivity index (χ1v) is 13.1. The molecule has 0 fully saturated rings. The molecule has 35 heavy (non-hydrogen) atoms. The van der Waals surface area contributed by atoms with Crippen molar-refractivity contribution in [3.05, 3.63) is 96.2 Å². The number of rotatable bonds is 10. The fraction of sp³-hybridized carbons (Fsp3) is 0.185. The summed E-state index contributed by atoms with van der Waals surface area (Å²) in [6.07, 6.45) is 1.72. The van der Waals surface area contributed by atoms with Gasteiger partial charge in [0.1, 0.15) is 5.69 Å². The molecule has 0 atom stereocenters. The maximum atomic E-state index is 12.9. The van der Waals surface area contributed by atoms with E-state index >= 15 is 0 Å². The highest BCUT2D eigenvalue weighted by atomic mass is 32.2. The SMILES string of the molecule is CS(=O)(=O)c1ccc(-c2n[nH]c(C(=O)OCCCOCc3ccccc3)c2-c2ccccc2)cc1. The summed E-state index contributed by atoms with van der Waals surface area (Å²) >= 11 is 0. The number of esters is 1. The monoisotopic (exact) mass is 490 g/mol. The highest BCUT2D eigenvalue weighted by molar-refractivity contribution is 7.90. The summed E-state index contributed by atoms with van der Waals surface area (Å²) in [5.41, 5.74) is 3.94. The molecule has 180 valence electrons. The van der Waals surface area contributed by atoms with Crippen LogP contribution in [0.1, 0.15) is 22.5 Å². The van der Waals surface area contributed by atoms with Crippen molar-refractivity contribution in [1.29, 1.82) is 0 Å². The molecule has 0 amide bonds. The molecule has 7 nitrogen and oxygen atoms in total. The highest BCUT2D eigenvalue weighted by Crippen LogP contribution is 2.34. The third kappa shape index (κ3) is 6.23. The third-order valence-corrected chi connectivity index (χ3v) is 6.49. The van der Waals surface area contributed by atoms with E-state index in [0.717, 1.165) is 17.4 Å². The molecular formula is C27H26N2O5S. The molecule has 0 aliphatic heterocycles. The number of hydrogen-bond acceptors (Lipinski definition) is 6. The molecule has 0 radical (unpaired) electrons. The van der Waals surface area contributed by atoms with Crippen molar-refractivity contribution in [3.8, 4) is 22.4 Å². The number of benzene rings is 3. The van der Waals surface area contributed by atoms with Crippen LogP contribution < -0.4 is 0 Å². The first kappa shape index (κ1) is 24.4. The number of hydrogen-bond donors (Lipinski definition) is 1. The largest absolute Gasteiger partial charge is 0.461 e. The molecule has 0 saturated carbocycles. The summed E-state index contributed by atoms with van der Waals surface area (Å²) in [7, 11) is -3.32. The molecule has 1 aromatic heterocycles. The number of aromatic amines is 1. The summed E-state index contributed by atoms with van der Waals surface area (Å²) in [5, 5.41) is 7.18. The van der Waals surface area contributed by atoms with Crippen LogP contribution >= 0.6 is 0 Å². The van der Waals surface area contributed by atoms with Crippen LogP contribution in [0.5, 0.6) is 0 Å². The van der Waals surface area contributed by atoms with Gasteiger partial charge >= 0.3 is 5.97 Å². The fourth-order valence-electron chi connectivity index (χ4n) is 3.61. The molecule has 0 aliphatic rings. The molecule has 3 aromatic carbocycles. The summed E-state index contributed by atoms with van der Waals surface area (Å²) in [4.78, 5) is 13.1. The van der Waals surface area contributed by atoms with Gasteiger partial charge in [0, 0.05) is 23.8 Å². The van der Waals surface area contributed by atoms with Crippen LogP contribution in [0.15, 0.2) is 89.8 Å². The van der Waals surface area contributed by atoms with Gasteiger partial charge in [-0.25, -0.2) is 13.2 Å². The number of carbonyl (C=O) groups is 1. The van der Waals surface area contributed by atoms with Crippen molar-refractivity contribution < 1.29 is 22.7 Å². The number of H-pyrrole nitrogens is 1. The van der Waals surface area contributed by atoms with Crippen molar-refractivity contribution in [2.45, 2.75) is 17.9 Å². The zero-order valence-corrected chi connectivity index (χ0v) is 20.1. The second-order valence-electron chi connectivity index (χ2n) is 8.01. The summed E-state index contributed by atoms with van der Waals surface area (Å²) in [6, 6.07) is 25.7. The average Bonchev–Trinajstić information content (AvgIpc) is 3.32. The Balaban J connectivity index is 1.46. The van der Waals surface area contributed by atoms with Crippen LogP contribution in [0.25, 0.3) is 22.4 Å². The Morgan fingerprint density at radius 2 is 1.51 bits per heavy atom. The standard InChI is InChI=1S/C27H26N2O5S/c1-35(31,32)23-15-13-22(14-16-23)25-24(21-11-6-3-7-12-21)26(29-28-25)27(30)34-18-8-17-33-19-20-9-4-2-5-10-20/h2-7,9-16H,8,17-19H2,1H3,(H,28,29). The number of aromatic nitrogens is 2. The second-order valence-corrected chi connectivity index (χ2v) is 10.0. The summed E-state index contributed by atoms with van der Waals surface area (Å²) in [5.74, 6) is -0.515. The molecule has 1 heterocycles. The van der Waals surface area contributed by atoms with Gasteiger partial charge in [0.2, 0.25) is 0 Å². The van der Waals surface area contributed by atoms with Gasteiger partial charge in [0.05, 0.1) is 24.7 Å². The maximum absolute atomic E-state index is 12.9. The lowest BCUT2D eigenvalue weighted by Gasteiger charge is -2.08. The zero-order valence-electron chi connectivity index (χ0n) is 19.3. The van der Waals surface area contributed by atoms with Gasteiger partial charge in [-0.1, -0.05) is 72.8 Å². The lowest BCUT2D eigenvalue weighted by atomic mass is 9.99. The zero-order chi connectivity index (χ0) is 24.7. The van der Waals surface area contributed by atoms with Crippen molar-refractivity contribution in [1.82, 2.24) is 10.2 Å². The lowest BCUT2D eigenvalue weighted by Crippen LogP contribution is -2.10. The van der Waals surface area contributed by atoms with E-state index in [1.807, 2.05) is 60.7 Å². The molecule has 0 spiro atoms. The van der Waals surface area contributed by atoms with Gasteiger partial charge in [-0.2, -0.15) is 5.10 Å². The Labute approximate surface area is 204 Å². The molecule has 4 aromatic rings. The predicted octanol–water partition coefficient (Wildman–Crippen LogP) is 4.91. The fourth-order valence-corrected chi connectivity index (χ4v) is 4.24. The molecule has 0 saturated heterocycles. The van der Waals surface area contributed by atoms with Gasteiger partial charge in [-0.3, -0.25) is 5.10 Å². The molecule has 1 N–H and O–H groups in total. The Bertz CT molecular complexity index is 1370. The minimum atomic E-state index is -3.32. The van der Waals surface area contributed by atoms with E-state index in [4.69, 9.17) is 9.47 Å². The van der Waals surface area contributed by atoms with Crippen LogP contribution in [-0.2, 0) is 25.9 Å². The summed E-state index contributed by atoms with van der Waals surface area (Å²) < 4.78 is 34.7. The smallest absolute Gasteiger partial charge is 0.357 e. The van der Waals surface area contributed by atoms with E-state index < -0.39 is 15.8 Å². The van der Waals surface area contributed by atoms with E-state index in [1.165, 1.54) is 12.1 Å². The number of nitrogens with zero attached hydrogens (tertiary/aromatic N) is 1. The number of nitrogens with one attached hydrogen (secondary N) is 1. The number of sulfone groups is 1. The predicted molar refractivity (Wildman–Crippen MR) is 134 cm³/mol. The molecule has 0 bridgehead atoms. The van der Waals surface area contributed by atoms with Gasteiger partial charge in [0.25, 0.3) is 0 Å². The Hall–Kier alpha value is -3.75. The Morgan fingerprint density at radius 3 is 2.17 bits per heavy atom. The first-order valence-electron chi connectivity index (χ1n) is 11.2. The van der Waals surface area contributed by atoms with Crippen molar-refractivity contribution in [2.75, 3.05) is 19.5 Å². The van der Waals surface area contributed by atoms with E-state index in [0.29, 0.717) is 36.5 Å². The molecule has 0 unspecified atom stereocenters. The first-order chi connectivity index (χ1) is 16.9. The van der Waals surface area contributed by atoms with Gasteiger partial charge in [0.15, 0.2) is 15.5 Å².